The van der Waals surface area contributed by atoms with E-state index >= 15 is 0 Å². The first-order chi connectivity index (χ1) is 12.6. The van der Waals surface area contributed by atoms with Gasteiger partial charge in [0.15, 0.2) is 0 Å². The molecule has 2 aromatic carbocycles. The molecule has 26 heavy (non-hydrogen) atoms. The smallest absolute Gasteiger partial charge is 0.356 e. The lowest BCUT2D eigenvalue weighted by Crippen LogP contribution is -2.07. The summed E-state index contributed by atoms with van der Waals surface area (Å²) < 4.78 is 24.0. The highest BCUT2D eigenvalue weighted by molar-refractivity contribution is 7.55. The lowest BCUT2D eigenvalue weighted by Gasteiger charge is -2.20. The maximum absolute atomic E-state index is 12.9. The van der Waals surface area contributed by atoms with Crippen molar-refractivity contribution in [1.82, 2.24) is 0 Å². The molecule has 6 heteroatoms. The number of rotatable bonds is 12. The predicted octanol–water partition coefficient (Wildman–Crippen LogP) is 6.58. The van der Waals surface area contributed by atoms with Crippen molar-refractivity contribution >= 4 is 24.8 Å². The summed E-state index contributed by atoms with van der Waals surface area (Å²) >= 11 is 0. The van der Waals surface area contributed by atoms with Gasteiger partial charge in [0.1, 0.15) is 0 Å². The third-order valence-electron chi connectivity index (χ3n) is 3.73. The molecule has 2 aromatic rings. The molecule has 0 heterocycles. The molecule has 0 fully saturated rings. The molecular formula is C20H29N2O3P. The van der Waals surface area contributed by atoms with Crippen LogP contribution in [0.2, 0.25) is 0 Å². The van der Waals surface area contributed by atoms with Crippen LogP contribution < -0.4 is 10.4 Å². The molecule has 0 saturated heterocycles. The van der Waals surface area contributed by atoms with Crippen LogP contribution in [0.3, 0.4) is 0 Å². The SMILES string of the molecule is CCCCOP(=O)(Nc1ccc(Nc2ccccc2)cc1)OCCCC. The Balaban J connectivity index is 1.98. The predicted molar refractivity (Wildman–Crippen MR) is 109 cm³/mol. The minimum Gasteiger partial charge on any atom is -0.356 e. The lowest BCUT2D eigenvalue weighted by molar-refractivity contribution is 0.204. The first-order valence-corrected chi connectivity index (χ1v) is 10.8. The Morgan fingerprint density at radius 3 is 1.81 bits per heavy atom. The van der Waals surface area contributed by atoms with Crippen LogP contribution >= 0.6 is 7.75 Å². The molecule has 2 rings (SSSR count). The van der Waals surface area contributed by atoms with E-state index in [0.29, 0.717) is 18.9 Å². The number of para-hydroxylation sites is 1. The molecule has 0 aliphatic heterocycles. The first-order valence-electron chi connectivity index (χ1n) is 9.24. The van der Waals surface area contributed by atoms with Crippen molar-refractivity contribution in [2.45, 2.75) is 39.5 Å². The summed E-state index contributed by atoms with van der Waals surface area (Å²) in [6.07, 6.45) is 3.66. The molecule has 142 valence electrons. The summed E-state index contributed by atoms with van der Waals surface area (Å²) in [6.45, 7) is 4.97. The zero-order valence-corrected chi connectivity index (χ0v) is 16.5. The Morgan fingerprint density at radius 1 is 0.769 bits per heavy atom. The van der Waals surface area contributed by atoms with Crippen LogP contribution in [-0.2, 0) is 13.6 Å². The molecule has 0 unspecified atom stereocenters. The van der Waals surface area contributed by atoms with Crippen molar-refractivity contribution in [3.63, 3.8) is 0 Å². The topological polar surface area (TPSA) is 59.6 Å². The number of hydrogen-bond donors (Lipinski definition) is 2. The van der Waals surface area contributed by atoms with Crippen LogP contribution in [0.4, 0.5) is 17.1 Å². The fourth-order valence-electron chi connectivity index (χ4n) is 2.23. The molecule has 0 aliphatic carbocycles. The van der Waals surface area contributed by atoms with Gasteiger partial charge in [-0.2, -0.15) is 0 Å². The van der Waals surface area contributed by atoms with E-state index in [9.17, 15) is 4.57 Å². The van der Waals surface area contributed by atoms with E-state index in [4.69, 9.17) is 9.05 Å². The minimum atomic E-state index is -3.35. The van der Waals surface area contributed by atoms with Crippen molar-refractivity contribution in [2.75, 3.05) is 23.6 Å². The second-order valence-corrected chi connectivity index (χ2v) is 7.79. The largest absolute Gasteiger partial charge is 0.432 e. The van der Waals surface area contributed by atoms with Crippen molar-refractivity contribution < 1.29 is 13.6 Å². The minimum absolute atomic E-state index is 0.417. The number of hydrogen-bond acceptors (Lipinski definition) is 4. The molecule has 0 amide bonds. The zero-order chi connectivity index (χ0) is 18.7. The van der Waals surface area contributed by atoms with Gasteiger partial charge in [-0.1, -0.05) is 44.9 Å². The molecule has 0 bridgehead atoms. The highest BCUT2D eigenvalue weighted by atomic mass is 31.2. The van der Waals surface area contributed by atoms with Gasteiger partial charge in [-0.15, -0.1) is 0 Å². The van der Waals surface area contributed by atoms with E-state index in [1.165, 1.54) is 0 Å². The van der Waals surface area contributed by atoms with E-state index in [-0.39, 0.29) is 0 Å². The second kappa shape index (κ2) is 11.0. The maximum atomic E-state index is 12.9. The summed E-state index contributed by atoms with van der Waals surface area (Å²) in [5.41, 5.74) is 2.68. The second-order valence-electron chi connectivity index (χ2n) is 6.05. The van der Waals surface area contributed by atoms with Gasteiger partial charge in [-0.3, -0.25) is 14.1 Å². The maximum Gasteiger partial charge on any atom is 0.432 e. The number of anilines is 3. The summed E-state index contributed by atoms with van der Waals surface area (Å²) in [6, 6.07) is 17.5. The van der Waals surface area contributed by atoms with Crippen LogP contribution in [0.15, 0.2) is 54.6 Å². The third-order valence-corrected chi connectivity index (χ3v) is 5.31. The van der Waals surface area contributed by atoms with Crippen molar-refractivity contribution in [2.24, 2.45) is 0 Å². The van der Waals surface area contributed by atoms with Crippen LogP contribution in [-0.4, -0.2) is 13.2 Å². The fourth-order valence-corrected chi connectivity index (χ4v) is 3.64. The molecular weight excluding hydrogens is 347 g/mol. The monoisotopic (exact) mass is 376 g/mol. The first kappa shape index (κ1) is 20.5. The van der Waals surface area contributed by atoms with Crippen molar-refractivity contribution in [1.29, 1.82) is 0 Å². The van der Waals surface area contributed by atoms with Gasteiger partial charge in [0.05, 0.1) is 13.2 Å². The Labute approximate surface area is 156 Å². The lowest BCUT2D eigenvalue weighted by atomic mass is 10.2. The van der Waals surface area contributed by atoms with Gasteiger partial charge in [-0.25, -0.2) is 4.57 Å². The summed E-state index contributed by atoms with van der Waals surface area (Å²) in [5, 5.41) is 6.27. The Morgan fingerprint density at radius 2 is 1.27 bits per heavy atom. The van der Waals surface area contributed by atoms with Crippen LogP contribution in [0, 0.1) is 0 Å². The normalized spacial score (nSPS) is 11.3. The molecule has 2 N–H and O–H groups in total. The fraction of sp³-hybridized carbons (Fsp3) is 0.400. The number of unbranched alkanes of at least 4 members (excludes halogenated alkanes) is 2. The average molecular weight is 376 g/mol. The van der Waals surface area contributed by atoms with E-state index < -0.39 is 7.75 Å². The standard InChI is InChI=1S/C20H29N2O3P/c1-3-5-16-24-26(23,25-17-6-4-2)22-20-14-12-19(13-15-20)21-18-10-8-7-9-11-18/h7-15,21H,3-6,16-17H2,1-2H3,(H,22,23). The van der Waals surface area contributed by atoms with E-state index in [0.717, 1.165) is 37.1 Å². The third kappa shape index (κ3) is 7.20. The molecule has 0 aliphatic rings. The Kier molecular flexibility index (Phi) is 8.69. The quantitative estimate of drug-likeness (QED) is 0.323. The van der Waals surface area contributed by atoms with Gasteiger partial charge < -0.3 is 5.32 Å². The zero-order valence-electron chi connectivity index (χ0n) is 15.6. The van der Waals surface area contributed by atoms with Crippen LogP contribution in [0.25, 0.3) is 0 Å². The van der Waals surface area contributed by atoms with Gasteiger partial charge in [0.25, 0.3) is 0 Å². The van der Waals surface area contributed by atoms with Crippen molar-refractivity contribution in [3.05, 3.63) is 54.6 Å². The molecule has 0 aromatic heterocycles. The molecule has 5 nitrogen and oxygen atoms in total. The van der Waals surface area contributed by atoms with Gasteiger partial charge in [0, 0.05) is 17.1 Å². The molecule has 0 radical (unpaired) electrons. The average Bonchev–Trinajstić information content (AvgIpc) is 2.65. The highest BCUT2D eigenvalue weighted by Gasteiger charge is 2.24. The van der Waals surface area contributed by atoms with Gasteiger partial charge in [0.2, 0.25) is 0 Å². The van der Waals surface area contributed by atoms with E-state index in [1.807, 2.05) is 54.6 Å². The summed E-state index contributed by atoms with van der Waals surface area (Å²) in [4.78, 5) is 0. The van der Waals surface area contributed by atoms with Gasteiger partial charge >= 0.3 is 7.75 Å². The van der Waals surface area contributed by atoms with Crippen molar-refractivity contribution in [3.8, 4) is 0 Å². The Hall–Kier alpha value is -1.81. The van der Waals surface area contributed by atoms with E-state index in [2.05, 4.69) is 24.3 Å². The molecule has 0 saturated carbocycles. The Bertz CT molecular complexity index is 663. The summed E-state index contributed by atoms with van der Waals surface area (Å²) in [7, 11) is -3.35. The summed E-state index contributed by atoms with van der Waals surface area (Å²) in [5.74, 6) is 0. The van der Waals surface area contributed by atoms with Gasteiger partial charge in [-0.05, 0) is 49.2 Å². The highest BCUT2D eigenvalue weighted by Crippen LogP contribution is 2.48. The molecule has 0 spiro atoms. The number of benzene rings is 2. The van der Waals surface area contributed by atoms with Crippen LogP contribution in [0.1, 0.15) is 39.5 Å². The number of nitrogens with one attached hydrogen (secondary N) is 2. The van der Waals surface area contributed by atoms with Crippen LogP contribution in [0.5, 0.6) is 0 Å². The van der Waals surface area contributed by atoms with E-state index in [1.54, 1.807) is 0 Å². The molecule has 0 atom stereocenters.